The van der Waals surface area contributed by atoms with Gasteiger partial charge in [-0.05, 0) is 61.3 Å². The summed E-state index contributed by atoms with van der Waals surface area (Å²) in [5, 5.41) is 2.99. The summed E-state index contributed by atoms with van der Waals surface area (Å²) < 4.78 is 5.10. The minimum Gasteiger partial charge on any atom is -0.497 e. The molecule has 2 aliphatic carbocycles. The predicted molar refractivity (Wildman–Crippen MR) is 75.2 cm³/mol. The SMILES string of the molecule is COc1ccc(NC(=O)C[C@@H]2C[C@H]3CC[C@H]2C3)cc1. The second-order valence-corrected chi connectivity index (χ2v) is 5.92. The monoisotopic (exact) mass is 259 g/mol. The minimum absolute atomic E-state index is 0.155. The number of carbonyl (C=O) groups is 1. The second-order valence-electron chi connectivity index (χ2n) is 5.92. The van der Waals surface area contributed by atoms with Crippen LogP contribution in [0.1, 0.15) is 32.1 Å². The number of hydrogen-bond acceptors (Lipinski definition) is 2. The Kier molecular flexibility index (Phi) is 3.45. The molecular formula is C16H21NO2. The first-order valence-electron chi connectivity index (χ1n) is 7.18. The van der Waals surface area contributed by atoms with Gasteiger partial charge in [-0.2, -0.15) is 0 Å². The maximum atomic E-state index is 12.1. The van der Waals surface area contributed by atoms with Crippen molar-refractivity contribution in [2.45, 2.75) is 32.1 Å². The third-order valence-electron chi connectivity index (χ3n) is 4.71. The molecule has 0 aliphatic heterocycles. The molecule has 2 bridgehead atoms. The van der Waals surface area contributed by atoms with Gasteiger partial charge >= 0.3 is 0 Å². The fourth-order valence-corrected chi connectivity index (χ4v) is 3.75. The number of anilines is 1. The molecule has 1 aromatic carbocycles. The van der Waals surface area contributed by atoms with E-state index in [-0.39, 0.29) is 5.91 Å². The van der Waals surface area contributed by atoms with E-state index in [1.165, 1.54) is 25.7 Å². The van der Waals surface area contributed by atoms with Gasteiger partial charge in [-0.25, -0.2) is 0 Å². The fraction of sp³-hybridized carbons (Fsp3) is 0.562. The molecule has 2 saturated carbocycles. The lowest BCUT2D eigenvalue weighted by Crippen LogP contribution is -2.20. The Bertz CT molecular complexity index is 454. The summed E-state index contributed by atoms with van der Waals surface area (Å²) in [6.45, 7) is 0. The van der Waals surface area contributed by atoms with Crippen molar-refractivity contribution in [1.29, 1.82) is 0 Å². The summed E-state index contributed by atoms with van der Waals surface area (Å²) in [4.78, 5) is 12.1. The number of rotatable bonds is 4. The van der Waals surface area contributed by atoms with Crippen LogP contribution in [0.3, 0.4) is 0 Å². The van der Waals surface area contributed by atoms with Crippen LogP contribution in [-0.2, 0) is 4.79 Å². The zero-order chi connectivity index (χ0) is 13.2. The predicted octanol–water partition coefficient (Wildman–Crippen LogP) is 3.46. The number of benzene rings is 1. The van der Waals surface area contributed by atoms with E-state index in [9.17, 15) is 4.79 Å². The van der Waals surface area contributed by atoms with E-state index in [1.807, 2.05) is 24.3 Å². The molecule has 0 saturated heterocycles. The van der Waals surface area contributed by atoms with Crippen LogP contribution < -0.4 is 10.1 Å². The van der Waals surface area contributed by atoms with Gasteiger partial charge in [-0.3, -0.25) is 4.79 Å². The van der Waals surface area contributed by atoms with Gasteiger partial charge in [0.15, 0.2) is 0 Å². The third kappa shape index (κ3) is 2.75. The first-order valence-corrected chi connectivity index (χ1v) is 7.18. The minimum atomic E-state index is 0.155. The van der Waals surface area contributed by atoms with Gasteiger partial charge in [-0.15, -0.1) is 0 Å². The molecule has 102 valence electrons. The quantitative estimate of drug-likeness (QED) is 0.899. The summed E-state index contributed by atoms with van der Waals surface area (Å²) in [6.07, 6.45) is 6.04. The number of nitrogens with one attached hydrogen (secondary N) is 1. The Balaban J connectivity index is 1.53. The maximum Gasteiger partial charge on any atom is 0.224 e. The first kappa shape index (κ1) is 12.5. The largest absolute Gasteiger partial charge is 0.497 e. The Morgan fingerprint density at radius 2 is 2.05 bits per heavy atom. The summed E-state index contributed by atoms with van der Waals surface area (Å²) in [5.74, 6) is 3.31. The topological polar surface area (TPSA) is 38.3 Å². The molecule has 0 unspecified atom stereocenters. The summed E-state index contributed by atoms with van der Waals surface area (Å²) >= 11 is 0. The Labute approximate surface area is 114 Å². The molecule has 1 N–H and O–H groups in total. The molecule has 3 rings (SSSR count). The first-order chi connectivity index (χ1) is 9.24. The highest BCUT2D eigenvalue weighted by Gasteiger charge is 2.40. The molecule has 0 heterocycles. The van der Waals surface area contributed by atoms with Crippen LogP contribution in [0, 0.1) is 17.8 Å². The number of methoxy groups -OCH3 is 1. The van der Waals surface area contributed by atoms with Gasteiger partial charge in [0.05, 0.1) is 7.11 Å². The third-order valence-corrected chi connectivity index (χ3v) is 4.71. The normalized spacial score (nSPS) is 28.4. The molecule has 1 amide bonds. The van der Waals surface area contributed by atoms with Crippen LogP contribution in [0.5, 0.6) is 5.75 Å². The molecular weight excluding hydrogens is 238 g/mol. The number of ether oxygens (including phenoxy) is 1. The molecule has 0 radical (unpaired) electrons. The molecule has 0 spiro atoms. The Morgan fingerprint density at radius 3 is 2.63 bits per heavy atom. The van der Waals surface area contributed by atoms with Gasteiger partial charge < -0.3 is 10.1 Å². The maximum absolute atomic E-state index is 12.1. The van der Waals surface area contributed by atoms with Gasteiger partial charge in [0.2, 0.25) is 5.91 Å². The average molecular weight is 259 g/mol. The zero-order valence-corrected chi connectivity index (χ0v) is 11.4. The van der Waals surface area contributed by atoms with Crippen molar-refractivity contribution in [3.63, 3.8) is 0 Å². The van der Waals surface area contributed by atoms with Crippen LogP contribution >= 0.6 is 0 Å². The second kappa shape index (κ2) is 5.24. The van der Waals surface area contributed by atoms with E-state index in [0.717, 1.165) is 23.3 Å². The van der Waals surface area contributed by atoms with E-state index >= 15 is 0 Å². The zero-order valence-electron chi connectivity index (χ0n) is 11.4. The van der Waals surface area contributed by atoms with E-state index < -0.39 is 0 Å². The molecule has 1 aromatic rings. The van der Waals surface area contributed by atoms with Crippen molar-refractivity contribution in [1.82, 2.24) is 0 Å². The van der Waals surface area contributed by atoms with Crippen molar-refractivity contribution in [2.75, 3.05) is 12.4 Å². The molecule has 2 aliphatic rings. The van der Waals surface area contributed by atoms with Crippen molar-refractivity contribution in [3.8, 4) is 5.75 Å². The van der Waals surface area contributed by atoms with Gasteiger partial charge in [0.25, 0.3) is 0 Å². The number of fused-ring (bicyclic) bond motifs is 2. The number of hydrogen-bond donors (Lipinski definition) is 1. The summed E-state index contributed by atoms with van der Waals surface area (Å²) in [6, 6.07) is 7.51. The Hall–Kier alpha value is -1.51. The highest BCUT2D eigenvalue weighted by Crippen LogP contribution is 2.49. The number of carbonyl (C=O) groups excluding carboxylic acids is 1. The number of amides is 1. The van der Waals surface area contributed by atoms with Gasteiger partial charge in [0, 0.05) is 12.1 Å². The van der Waals surface area contributed by atoms with Crippen LogP contribution in [0.25, 0.3) is 0 Å². The smallest absolute Gasteiger partial charge is 0.224 e. The molecule has 19 heavy (non-hydrogen) atoms. The van der Waals surface area contributed by atoms with Crippen molar-refractivity contribution < 1.29 is 9.53 Å². The van der Waals surface area contributed by atoms with Crippen LogP contribution in [0.2, 0.25) is 0 Å². The van der Waals surface area contributed by atoms with Gasteiger partial charge in [0.1, 0.15) is 5.75 Å². The summed E-state index contributed by atoms with van der Waals surface area (Å²) in [5.41, 5.74) is 0.856. The Morgan fingerprint density at radius 1 is 1.26 bits per heavy atom. The lowest BCUT2D eigenvalue weighted by molar-refractivity contribution is -0.117. The van der Waals surface area contributed by atoms with E-state index in [4.69, 9.17) is 4.74 Å². The van der Waals surface area contributed by atoms with Crippen molar-refractivity contribution in [2.24, 2.45) is 17.8 Å². The highest BCUT2D eigenvalue weighted by atomic mass is 16.5. The van der Waals surface area contributed by atoms with Crippen LogP contribution in [-0.4, -0.2) is 13.0 Å². The molecule has 0 aromatic heterocycles. The van der Waals surface area contributed by atoms with Gasteiger partial charge in [-0.1, -0.05) is 6.42 Å². The summed E-state index contributed by atoms with van der Waals surface area (Å²) in [7, 11) is 1.64. The fourth-order valence-electron chi connectivity index (χ4n) is 3.75. The van der Waals surface area contributed by atoms with E-state index in [1.54, 1.807) is 7.11 Å². The molecule has 3 heteroatoms. The molecule has 3 atom stereocenters. The van der Waals surface area contributed by atoms with E-state index in [0.29, 0.717) is 12.3 Å². The van der Waals surface area contributed by atoms with Crippen LogP contribution in [0.4, 0.5) is 5.69 Å². The average Bonchev–Trinajstić information content (AvgIpc) is 3.02. The molecule has 2 fully saturated rings. The lowest BCUT2D eigenvalue weighted by Gasteiger charge is -2.20. The molecule has 3 nitrogen and oxygen atoms in total. The lowest BCUT2D eigenvalue weighted by atomic mass is 9.86. The van der Waals surface area contributed by atoms with E-state index in [2.05, 4.69) is 5.32 Å². The van der Waals surface area contributed by atoms with Crippen LogP contribution in [0.15, 0.2) is 24.3 Å². The standard InChI is InChI=1S/C16H21NO2/c1-19-15-6-4-14(5-7-15)17-16(18)10-13-9-11-2-3-12(13)8-11/h4-7,11-13H,2-3,8-10H2,1H3,(H,17,18)/t11-,12-,13-/m0/s1. The highest BCUT2D eigenvalue weighted by molar-refractivity contribution is 5.90. The van der Waals surface area contributed by atoms with Crippen molar-refractivity contribution in [3.05, 3.63) is 24.3 Å². The van der Waals surface area contributed by atoms with Crippen molar-refractivity contribution >= 4 is 11.6 Å².